The van der Waals surface area contributed by atoms with Gasteiger partial charge >= 0.3 is 0 Å². The maximum atomic E-state index is 12.0. The molecule has 138 valence electrons. The van der Waals surface area contributed by atoms with E-state index in [2.05, 4.69) is 10.6 Å². The fourth-order valence-electron chi connectivity index (χ4n) is 2.91. The summed E-state index contributed by atoms with van der Waals surface area (Å²) in [5.41, 5.74) is 3.06. The van der Waals surface area contributed by atoms with Crippen LogP contribution in [-0.4, -0.2) is 31.8 Å². The van der Waals surface area contributed by atoms with Gasteiger partial charge in [-0.3, -0.25) is 4.79 Å². The van der Waals surface area contributed by atoms with E-state index in [4.69, 9.17) is 9.47 Å². The minimum Gasteiger partial charge on any atom is -0.484 e. The van der Waals surface area contributed by atoms with E-state index >= 15 is 0 Å². The molecule has 0 radical (unpaired) electrons. The van der Waals surface area contributed by atoms with Gasteiger partial charge in [-0.1, -0.05) is 29.8 Å². The first-order valence-corrected chi connectivity index (χ1v) is 9.09. The van der Waals surface area contributed by atoms with E-state index in [1.807, 2.05) is 55.5 Å². The van der Waals surface area contributed by atoms with Crippen molar-refractivity contribution in [3.63, 3.8) is 0 Å². The number of hydrogen-bond acceptors (Lipinski definition) is 4. The Morgan fingerprint density at radius 1 is 1.23 bits per heavy atom. The van der Waals surface area contributed by atoms with Gasteiger partial charge in [-0.15, -0.1) is 0 Å². The molecule has 2 aromatic rings. The molecule has 2 N–H and O–H groups in total. The molecular formula is C21H26N2O3. The Labute approximate surface area is 154 Å². The maximum absolute atomic E-state index is 12.0. The van der Waals surface area contributed by atoms with Gasteiger partial charge in [-0.05, 0) is 49.6 Å². The number of nitrogens with one attached hydrogen (secondary N) is 2. The van der Waals surface area contributed by atoms with Gasteiger partial charge in [0.05, 0.1) is 6.10 Å². The first-order valence-electron chi connectivity index (χ1n) is 9.09. The van der Waals surface area contributed by atoms with E-state index in [0.717, 1.165) is 49.4 Å². The zero-order valence-corrected chi connectivity index (χ0v) is 15.2. The molecule has 1 heterocycles. The summed E-state index contributed by atoms with van der Waals surface area (Å²) in [6.45, 7) is 4.50. The lowest BCUT2D eigenvalue weighted by Crippen LogP contribution is -2.25. The number of ether oxygens (including phenoxy) is 2. The molecule has 1 aliphatic heterocycles. The Morgan fingerprint density at radius 3 is 2.85 bits per heavy atom. The fraction of sp³-hybridized carbons (Fsp3) is 0.381. The summed E-state index contributed by atoms with van der Waals surface area (Å²) in [5.74, 6) is 0.524. The monoisotopic (exact) mass is 354 g/mol. The van der Waals surface area contributed by atoms with E-state index in [0.29, 0.717) is 11.9 Å². The number of aryl methyl sites for hydroxylation is 1. The molecule has 0 aromatic heterocycles. The first-order chi connectivity index (χ1) is 12.7. The number of amides is 1. The molecule has 0 saturated carbocycles. The third-order valence-corrected chi connectivity index (χ3v) is 4.33. The Morgan fingerprint density at radius 2 is 2.08 bits per heavy atom. The van der Waals surface area contributed by atoms with E-state index in [1.165, 1.54) is 0 Å². The molecule has 5 nitrogen and oxygen atoms in total. The first kappa shape index (κ1) is 18.4. The van der Waals surface area contributed by atoms with Gasteiger partial charge in [0.15, 0.2) is 6.61 Å². The van der Waals surface area contributed by atoms with Gasteiger partial charge in [0, 0.05) is 25.4 Å². The second-order valence-electron chi connectivity index (χ2n) is 6.62. The SMILES string of the molecule is Cc1ccc(NC(=O)COc2cccc(CNCC3CCCO3)c2)cc1. The van der Waals surface area contributed by atoms with Crippen LogP contribution in [0.15, 0.2) is 48.5 Å². The van der Waals surface area contributed by atoms with Gasteiger partial charge in [-0.2, -0.15) is 0 Å². The van der Waals surface area contributed by atoms with Gasteiger partial charge in [0.25, 0.3) is 5.91 Å². The van der Waals surface area contributed by atoms with Crippen LogP contribution in [0.4, 0.5) is 5.69 Å². The van der Waals surface area contributed by atoms with Gasteiger partial charge < -0.3 is 20.1 Å². The average Bonchev–Trinajstić information content (AvgIpc) is 3.16. The van der Waals surface area contributed by atoms with Crippen LogP contribution in [-0.2, 0) is 16.1 Å². The van der Waals surface area contributed by atoms with E-state index < -0.39 is 0 Å². The predicted molar refractivity (Wildman–Crippen MR) is 102 cm³/mol. The molecule has 0 aliphatic carbocycles. The number of carbonyl (C=O) groups is 1. The quantitative estimate of drug-likeness (QED) is 0.764. The highest BCUT2D eigenvalue weighted by Gasteiger charge is 2.14. The molecule has 1 amide bonds. The third kappa shape index (κ3) is 5.86. The molecule has 1 aliphatic rings. The lowest BCUT2D eigenvalue weighted by molar-refractivity contribution is -0.118. The molecule has 2 aromatic carbocycles. The van der Waals surface area contributed by atoms with Crippen LogP contribution in [0, 0.1) is 6.92 Å². The van der Waals surface area contributed by atoms with E-state index in [9.17, 15) is 4.79 Å². The fourth-order valence-corrected chi connectivity index (χ4v) is 2.91. The summed E-state index contributed by atoms with van der Waals surface area (Å²) in [6.07, 6.45) is 2.62. The van der Waals surface area contributed by atoms with Crippen molar-refractivity contribution in [1.82, 2.24) is 5.32 Å². The molecule has 5 heteroatoms. The van der Waals surface area contributed by atoms with Gasteiger partial charge in [0.2, 0.25) is 0 Å². The van der Waals surface area contributed by atoms with E-state index in [1.54, 1.807) is 0 Å². The molecule has 1 atom stereocenters. The summed E-state index contributed by atoms with van der Waals surface area (Å²) in [4.78, 5) is 12.0. The van der Waals surface area contributed by atoms with Crippen molar-refractivity contribution in [3.8, 4) is 5.75 Å². The van der Waals surface area contributed by atoms with Crippen molar-refractivity contribution >= 4 is 11.6 Å². The van der Waals surface area contributed by atoms with Crippen molar-refractivity contribution in [3.05, 3.63) is 59.7 Å². The molecule has 1 fully saturated rings. The standard InChI is InChI=1S/C21H26N2O3/c1-16-7-9-18(10-8-16)23-21(24)15-26-19-5-2-4-17(12-19)13-22-14-20-6-3-11-25-20/h2,4-5,7-10,12,20,22H,3,6,11,13-15H2,1H3,(H,23,24). The summed E-state index contributed by atoms with van der Waals surface area (Å²) < 4.78 is 11.2. The number of anilines is 1. The second-order valence-corrected chi connectivity index (χ2v) is 6.62. The topological polar surface area (TPSA) is 59.6 Å². The van der Waals surface area contributed by atoms with E-state index in [-0.39, 0.29) is 12.5 Å². The highest BCUT2D eigenvalue weighted by molar-refractivity contribution is 5.91. The predicted octanol–water partition coefficient (Wildman–Crippen LogP) is 3.28. The summed E-state index contributed by atoms with van der Waals surface area (Å²) in [7, 11) is 0. The zero-order chi connectivity index (χ0) is 18.2. The lowest BCUT2D eigenvalue weighted by atomic mass is 10.2. The van der Waals surface area contributed by atoms with Crippen LogP contribution in [0.3, 0.4) is 0 Å². The van der Waals surface area contributed by atoms with Crippen molar-refractivity contribution in [2.45, 2.75) is 32.4 Å². The Kier molecular flexibility index (Phi) is 6.63. The van der Waals surface area contributed by atoms with Crippen LogP contribution in [0.5, 0.6) is 5.75 Å². The highest BCUT2D eigenvalue weighted by atomic mass is 16.5. The summed E-state index contributed by atoms with van der Waals surface area (Å²) in [6, 6.07) is 15.5. The zero-order valence-electron chi connectivity index (χ0n) is 15.2. The smallest absolute Gasteiger partial charge is 0.262 e. The van der Waals surface area contributed by atoms with Crippen LogP contribution in [0.25, 0.3) is 0 Å². The molecule has 0 bridgehead atoms. The number of benzene rings is 2. The summed E-state index contributed by atoms with van der Waals surface area (Å²) in [5, 5.41) is 6.24. The molecule has 1 saturated heterocycles. The normalized spacial score (nSPS) is 16.4. The molecule has 26 heavy (non-hydrogen) atoms. The molecule has 0 spiro atoms. The van der Waals surface area contributed by atoms with Gasteiger partial charge in [-0.25, -0.2) is 0 Å². The lowest BCUT2D eigenvalue weighted by Gasteiger charge is -2.12. The number of carbonyl (C=O) groups excluding carboxylic acids is 1. The van der Waals surface area contributed by atoms with Crippen LogP contribution >= 0.6 is 0 Å². The molecular weight excluding hydrogens is 328 g/mol. The second kappa shape index (κ2) is 9.36. The number of hydrogen-bond donors (Lipinski definition) is 2. The molecule has 1 unspecified atom stereocenters. The minimum absolute atomic E-state index is 0.0132. The maximum Gasteiger partial charge on any atom is 0.262 e. The average molecular weight is 354 g/mol. The summed E-state index contributed by atoms with van der Waals surface area (Å²) >= 11 is 0. The van der Waals surface area contributed by atoms with Crippen molar-refractivity contribution in [2.24, 2.45) is 0 Å². The van der Waals surface area contributed by atoms with Gasteiger partial charge in [0.1, 0.15) is 5.75 Å². The minimum atomic E-state index is -0.171. The highest BCUT2D eigenvalue weighted by Crippen LogP contribution is 2.15. The largest absolute Gasteiger partial charge is 0.484 e. The Bertz CT molecular complexity index is 709. The number of rotatable bonds is 8. The molecule has 3 rings (SSSR count). The Hall–Kier alpha value is -2.37. The van der Waals surface area contributed by atoms with Crippen LogP contribution < -0.4 is 15.4 Å². The van der Waals surface area contributed by atoms with Crippen molar-refractivity contribution in [1.29, 1.82) is 0 Å². The van der Waals surface area contributed by atoms with Crippen LogP contribution in [0.2, 0.25) is 0 Å². The van der Waals surface area contributed by atoms with Crippen molar-refractivity contribution < 1.29 is 14.3 Å². The Balaban J connectivity index is 1.42. The third-order valence-electron chi connectivity index (χ3n) is 4.33. The van der Waals surface area contributed by atoms with Crippen LogP contribution in [0.1, 0.15) is 24.0 Å². The van der Waals surface area contributed by atoms with Crippen molar-refractivity contribution in [2.75, 3.05) is 25.1 Å².